The van der Waals surface area contributed by atoms with E-state index in [0.717, 1.165) is 0 Å². The molecular weight excluding hydrogens is 350 g/mol. The molecule has 19 heavy (non-hydrogen) atoms. The first-order valence-electron chi connectivity index (χ1n) is 4.91. The normalized spacial score (nSPS) is 11.7. The molecule has 0 saturated heterocycles. The monoisotopic (exact) mass is 355 g/mol. The Balaban J connectivity index is 2.57. The number of alkyl halides is 3. The molecule has 4 nitrogen and oxygen atoms in total. The molecule has 0 unspecified atom stereocenters. The standard InChI is InChI=1S/C10H6BrClF3N3O/c1-5-16-17-9(12)18(5)7-3-2-6(11)4-8(7)19-10(13,14)15/h2-4H,1H3. The first-order valence-corrected chi connectivity index (χ1v) is 6.08. The molecule has 1 aromatic carbocycles. The molecule has 0 aliphatic carbocycles. The summed E-state index contributed by atoms with van der Waals surface area (Å²) < 4.78 is 42.8. The fourth-order valence-corrected chi connectivity index (χ4v) is 2.08. The van der Waals surface area contributed by atoms with Gasteiger partial charge in [-0.25, -0.2) is 0 Å². The molecule has 9 heteroatoms. The molecule has 2 rings (SSSR count). The van der Waals surface area contributed by atoms with Gasteiger partial charge in [-0.15, -0.1) is 23.4 Å². The smallest absolute Gasteiger partial charge is 0.403 e. The number of nitrogens with zero attached hydrogens (tertiary/aromatic N) is 3. The lowest BCUT2D eigenvalue weighted by atomic mass is 10.3. The summed E-state index contributed by atoms with van der Waals surface area (Å²) in [4.78, 5) is 0. The van der Waals surface area contributed by atoms with Crippen molar-refractivity contribution in [3.63, 3.8) is 0 Å². The second kappa shape index (κ2) is 5.01. The molecule has 1 aromatic heterocycles. The van der Waals surface area contributed by atoms with Crippen LogP contribution in [0.5, 0.6) is 5.75 Å². The number of ether oxygens (including phenoxy) is 1. The second-order valence-corrected chi connectivity index (χ2v) is 4.77. The van der Waals surface area contributed by atoms with Crippen LogP contribution in [0.25, 0.3) is 5.69 Å². The minimum absolute atomic E-state index is 0.0492. The van der Waals surface area contributed by atoms with Gasteiger partial charge < -0.3 is 4.74 Å². The van der Waals surface area contributed by atoms with Crippen LogP contribution < -0.4 is 4.74 Å². The van der Waals surface area contributed by atoms with Crippen molar-refractivity contribution in [1.82, 2.24) is 14.8 Å². The summed E-state index contributed by atoms with van der Waals surface area (Å²) in [5, 5.41) is 7.22. The Bertz CT molecular complexity index is 595. The predicted octanol–water partition coefficient (Wildman–Crippen LogP) is 3.89. The molecular formula is C10H6BrClF3N3O. The Morgan fingerprint density at radius 2 is 2.00 bits per heavy atom. The summed E-state index contributed by atoms with van der Waals surface area (Å²) in [6.45, 7) is 1.57. The minimum Gasteiger partial charge on any atom is -0.403 e. The largest absolute Gasteiger partial charge is 0.573 e. The highest BCUT2D eigenvalue weighted by Crippen LogP contribution is 2.33. The minimum atomic E-state index is -4.80. The number of benzene rings is 1. The highest BCUT2D eigenvalue weighted by molar-refractivity contribution is 9.10. The lowest BCUT2D eigenvalue weighted by Gasteiger charge is -2.15. The Morgan fingerprint density at radius 1 is 1.32 bits per heavy atom. The molecule has 0 spiro atoms. The summed E-state index contributed by atoms with van der Waals surface area (Å²) in [7, 11) is 0. The summed E-state index contributed by atoms with van der Waals surface area (Å²) in [6.07, 6.45) is -4.80. The van der Waals surface area contributed by atoms with Gasteiger partial charge in [0.05, 0.1) is 5.69 Å². The van der Waals surface area contributed by atoms with Crippen LogP contribution in [-0.2, 0) is 0 Å². The lowest BCUT2D eigenvalue weighted by Crippen LogP contribution is -2.18. The summed E-state index contributed by atoms with van der Waals surface area (Å²) in [5.74, 6) is -0.0500. The third-order valence-corrected chi connectivity index (χ3v) is 2.91. The van der Waals surface area contributed by atoms with E-state index >= 15 is 0 Å². The van der Waals surface area contributed by atoms with E-state index in [2.05, 4.69) is 30.9 Å². The van der Waals surface area contributed by atoms with Gasteiger partial charge in [0, 0.05) is 4.47 Å². The highest BCUT2D eigenvalue weighted by Gasteiger charge is 2.33. The zero-order valence-corrected chi connectivity index (χ0v) is 11.7. The zero-order chi connectivity index (χ0) is 14.2. The Morgan fingerprint density at radius 3 is 2.53 bits per heavy atom. The average Bonchev–Trinajstić information content (AvgIpc) is 2.58. The third-order valence-electron chi connectivity index (χ3n) is 2.17. The molecule has 0 aliphatic rings. The van der Waals surface area contributed by atoms with Crippen LogP contribution in [0.1, 0.15) is 5.82 Å². The van der Waals surface area contributed by atoms with Crippen LogP contribution in [0.4, 0.5) is 13.2 Å². The fraction of sp³-hybridized carbons (Fsp3) is 0.200. The van der Waals surface area contributed by atoms with Gasteiger partial charge in [0.25, 0.3) is 0 Å². The van der Waals surface area contributed by atoms with E-state index in [0.29, 0.717) is 10.3 Å². The maximum Gasteiger partial charge on any atom is 0.573 e. The number of aromatic nitrogens is 3. The van der Waals surface area contributed by atoms with Crippen LogP contribution in [0.15, 0.2) is 22.7 Å². The average molecular weight is 357 g/mol. The molecule has 1 heterocycles. The summed E-state index contributed by atoms with van der Waals surface area (Å²) >= 11 is 8.89. The molecule has 0 amide bonds. The summed E-state index contributed by atoms with van der Waals surface area (Å²) in [6, 6.07) is 4.18. The highest BCUT2D eigenvalue weighted by atomic mass is 79.9. The van der Waals surface area contributed by atoms with Gasteiger partial charge in [-0.3, -0.25) is 4.57 Å². The van der Waals surface area contributed by atoms with E-state index in [1.807, 2.05) is 0 Å². The Kier molecular flexibility index (Phi) is 3.73. The molecule has 0 radical (unpaired) electrons. The van der Waals surface area contributed by atoms with Crippen molar-refractivity contribution in [2.24, 2.45) is 0 Å². The van der Waals surface area contributed by atoms with E-state index in [4.69, 9.17) is 11.6 Å². The number of halogens is 5. The SMILES string of the molecule is Cc1nnc(Cl)n1-c1ccc(Br)cc1OC(F)(F)F. The van der Waals surface area contributed by atoms with Gasteiger partial charge in [0.15, 0.2) is 5.75 Å². The summed E-state index contributed by atoms with van der Waals surface area (Å²) in [5.41, 5.74) is 0.105. The van der Waals surface area contributed by atoms with E-state index in [9.17, 15) is 13.2 Å². The van der Waals surface area contributed by atoms with E-state index < -0.39 is 12.1 Å². The van der Waals surface area contributed by atoms with Gasteiger partial charge >= 0.3 is 6.36 Å². The quantitative estimate of drug-likeness (QED) is 0.819. The number of hydrogen-bond acceptors (Lipinski definition) is 3. The van der Waals surface area contributed by atoms with E-state index in [1.54, 1.807) is 13.0 Å². The van der Waals surface area contributed by atoms with Crippen molar-refractivity contribution in [2.45, 2.75) is 13.3 Å². The fourth-order valence-electron chi connectivity index (χ4n) is 1.49. The van der Waals surface area contributed by atoms with E-state index in [1.165, 1.54) is 16.7 Å². The molecule has 0 fully saturated rings. The molecule has 0 aliphatic heterocycles. The van der Waals surface area contributed by atoms with Crippen molar-refractivity contribution in [1.29, 1.82) is 0 Å². The molecule has 102 valence electrons. The predicted molar refractivity (Wildman–Crippen MR) is 65.5 cm³/mol. The molecule has 0 atom stereocenters. The number of hydrogen-bond donors (Lipinski definition) is 0. The Labute approximate surface area is 119 Å². The van der Waals surface area contributed by atoms with Crippen LogP contribution in [0.3, 0.4) is 0 Å². The molecule has 0 N–H and O–H groups in total. The van der Waals surface area contributed by atoms with Gasteiger partial charge in [-0.1, -0.05) is 15.9 Å². The number of aryl methyl sites for hydroxylation is 1. The van der Waals surface area contributed by atoms with Gasteiger partial charge in [-0.05, 0) is 36.7 Å². The van der Waals surface area contributed by atoms with Crippen molar-refractivity contribution < 1.29 is 17.9 Å². The third kappa shape index (κ3) is 3.19. The number of rotatable bonds is 2. The van der Waals surface area contributed by atoms with Crippen LogP contribution in [-0.4, -0.2) is 21.1 Å². The maximum atomic E-state index is 12.4. The van der Waals surface area contributed by atoms with Gasteiger partial charge in [0.1, 0.15) is 5.82 Å². The lowest BCUT2D eigenvalue weighted by molar-refractivity contribution is -0.274. The van der Waals surface area contributed by atoms with Crippen molar-refractivity contribution in [3.8, 4) is 11.4 Å². The molecule has 2 aromatic rings. The second-order valence-electron chi connectivity index (χ2n) is 3.51. The van der Waals surface area contributed by atoms with Crippen molar-refractivity contribution in [3.05, 3.63) is 33.8 Å². The maximum absolute atomic E-state index is 12.4. The van der Waals surface area contributed by atoms with Gasteiger partial charge in [-0.2, -0.15) is 0 Å². The van der Waals surface area contributed by atoms with Crippen LogP contribution in [0.2, 0.25) is 5.28 Å². The first kappa shape index (κ1) is 14.1. The first-order chi connectivity index (χ1) is 8.78. The van der Waals surface area contributed by atoms with Gasteiger partial charge in [0.2, 0.25) is 5.28 Å². The zero-order valence-electron chi connectivity index (χ0n) is 9.37. The van der Waals surface area contributed by atoms with Crippen molar-refractivity contribution >= 4 is 27.5 Å². The molecule has 0 bridgehead atoms. The topological polar surface area (TPSA) is 39.9 Å². The Hall–Kier alpha value is -1.28. The van der Waals surface area contributed by atoms with Crippen molar-refractivity contribution in [2.75, 3.05) is 0 Å². The van der Waals surface area contributed by atoms with Crippen LogP contribution >= 0.6 is 27.5 Å². The van der Waals surface area contributed by atoms with Crippen LogP contribution in [0, 0.1) is 6.92 Å². The molecule has 0 saturated carbocycles. The van der Waals surface area contributed by atoms with E-state index in [-0.39, 0.29) is 11.0 Å².